The second-order valence-electron chi connectivity index (χ2n) is 2.36. The van der Waals surface area contributed by atoms with Crippen molar-refractivity contribution in [2.24, 2.45) is 0 Å². The van der Waals surface area contributed by atoms with E-state index in [0.717, 1.165) is 6.08 Å². The highest BCUT2D eigenvalue weighted by Gasteiger charge is 2.00. The Bertz CT molecular complexity index is 321. The predicted octanol–water partition coefficient (Wildman–Crippen LogP) is 0.714. The molecule has 0 N–H and O–H groups in total. The van der Waals surface area contributed by atoms with Crippen LogP contribution in [0.4, 0.5) is 0 Å². The quantitative estimate of drug-likeness (QED) is 0.522. The number of aromatic nitrogens is 2. The van der Waals surface area contributed by atoms with Gasteiger partial charge < -0.3 is 9.47 Å². The Morgan fingerprint density at radius 1 is 1.57 bits per heavy atom. The SMILES string of the molecule is C=CC(=O)OCc1cnc(OC)cn1. The predicted molar refractivity (Wildman–Crippen MR) is 48.6 cm³/mol. The number of carbonyl (C=O) groups excluding carboxylic acids is 1. The molecule has 0 saturated heterocycles. The molecule has 0 aromatic carbocycles. The minimum atomic E-state index is -0.484. The standard InChI is InChI=1S/C9H10N2O3/c1-3-9(12)14-6-7-4-11-8(13-2)5-10-7/h3-5H,1,6H2,2H3. The van der Waals surface area contributed by atoms with Crippen LogP contribution in [0.5, 0.6) is 5.88 Å². The molecule has 0 atom stereocenters. The van der Waals surface area contributed by atoms with E-state index >= 15 is 0 Å². The minimum absolute atomic E-state index is 0.0852. The number of carbonyl (C=O) groups is 1. The van der Waals surface area contributed by atoms with Crippen molar-refractivity contribution in [1.29, 1.82) is 0 Å². The lowest BCUT2D eigenvalue weighted by atomic mass is 10.5. The Balaban J connectivity index is 2.51. The maximum Gasteiger partial charge on any atom is 0.330 e. The van der Waals surface area contributed by atoms with Crippen LogP contribution < -0.4 is 4.74 Å². The van der Waals surface area contributed by atoms with E-state index in [-0.39, 0.29) is 6.61 Å². The third-order valence-electron chi connectivity index (χ3n) is 1.42. The fourth-order valence-electron chi connectivity index (χ4n) is 0.727. The van der Waals surface area contributed by atoms with Crippen molar-refractivity contribution in [3.8, 4) is 5.88 Å². The molecule has 0 aliphatic carbocycles. The van der Waals surface area contributed by atoms with Crippen molar-refractivity contribution in [1.82, 2.24) is 9.97 Å². The zero-order valence-corrected chi connectivity index (χ0v) is 7.77. The molecule has 0 bridgehead atoms. The van der Waals surface area contributed by atoms with Gasteiger partial charge in [-0.3, -0.25) is 4.98 Å². The third kappa shape index (κ3) is 2.85. The van der Waals surface area contributed by atoms with Crippen LogP contribution >= 0.6 is 0 Å². The molecule has 0 aliphatic rings. The number of nitrogens with zero attached hydrogens (tertiary/aromatic N) is 2. The van der Waals surface area contributed by atoms with Crippen LogP contribution in [0.3, 0.4) is 0 Å². The fraction of sp³-hybridized carbons (Fsp3) is 0.222. The molecule has 0 spiro atoms. The minimum Gasteiger partial charge on any atom is -0.480 e. The largest absolute Gasteiger partial charge is 0.480 e. The number of rotatable bonds is 4. The molecule has 1 aromatic heterocycles. The molecule has 0 saturated carbocycles. The molecule has 1 heterocycles. The van der Waals surface area contributed by atoms with E-state index in [1.54, 1.807) is 0 Å². The monoisotopic (exact) mass is 194 g/mol. The fourth-order valence-corrected chi connectivity index (χ4v) is 0.727. The smallest absolute Gasteiger partial charge is 0.330 e. The molecule has 1 rings (SSSR count). The molecule has 5 heteroatoms. The van der Waals surface area contributed by atoms with Gasteiger partial charge in [-0.1, -0.05) is 6.58 Å². The van der Waals surface area contributed by atoms with Crippen molar-refractivity contribution in [3.63, 3.8) is 0 Å². The molecule has 0 unspecified atom stereocenters. The van der Waals surface area contributed by atoms with Gasteiger partial charge in [0.2, 0.25) is 5.88 Å². The van der Waals surface area contributed by atoms with Crippen LogP contribution in [-0.4, -0.2) is 23.0 Å². The lowest BCUT2D eigenvalue weighted by Gasteiger charge is -2.01. The summed E-state index contributed by atoms with van der Waals surface area (Å²) in [5, 5.41) is 0. The maximum absolute atomic E-state index is 10.7. The summed E-state index contributed by atoms with van der Waals surface area (Å²) in [5.41, 5.74) is 0.556. The summed E-state index contributed by atoms with van der Waals surface area (Å²) in [7, 11) is 1.50. The van der Waals surface area contributed by atoms with Gasteiger partial charge >= 0.3 is 5.97 Å². The Morgan fingerprint density at radius 2 is 2.36 bits per heavy atom. The van der Waals surface area contributed by atoms with Crippen molar-refractivity contribution in [3.05, 3.63) is 30.7 Å². The summed E-state index contributed by atoms with van der Waals surface area (Å²) >= 11 is 0. The van der Waals surface area contributed by atoms with E-state index in [1.807, 2.05) is 0 Å². The molecular formula is C9H10N2O3. The van der Waals surface area contributed by atoms with E-state index in [1.165, 1.54) is 19.5 Å². The Morgan fingerprint density at radius 3 is 2.86 bits per heavy atom. The molecule has 0 amide bonds. The van der Waals surface area contributed by atoms with Crippen LogP contribution in [0.25, 0.3) is 0 Å². The number of hydrogen-bond donors (Lipinski definition) is 0. The first kappa shape index (κ1) is 10.2. The van der Waals surface area contributed by atoms with Gasteiger partial charge in [0.25, 0.3) is 0 Å². The Labute approximate surface area is 81.4 Å². The van der Waals surface area contributed by atoms with E-state index < -0.39 is 5.97 Å². The van der Waals surface area contributed by atoms with Crippen LogP contribution in [0.2, 0.25) is 0 Å². The van der Waals surface area contributed by atoms with E-state index in [9.17, 15) is 4.79 Å². The lowest BCUT2D eigenvalue weighted by Crippen LogP contribution is -2.02. The molecule has 0 radical (unpaired) electrons. The zero-order chi connectivity index (χ0) is 10.4. The number of hydrogen-bond acceptors (Lipinski definition) is 5. The van der Waals surface area contributed by atoms with Crippen LogP contribution in [0, 0.1) is 0 Å². The molecule has 0 fully saturated rings. The van der Waals surface area contributed by atoms with Gasteiger partial charge in [0.05, 0.1) is 25.2 Å². The van der Waals surface area contributed by atoms with E-state index in [2.05, 4.69) is 16.5 Å². The highest BCUT2D eigenvalue weighted by atomic mass is 16.5. The van der Waals surface area contributed by atoms with Crippen molar-refractivity contribution in [2.45, 2.75) is 6.61 Å². The van der Waals surface area contributed by atoms with Gasteiger partial charge in [0.15, 0.2) is 0 Å². The number of methoxy groups -OCH3 is 1. The summed E-state index contributed by atoms with van der Waals surface area (Å²) in [4.78, 5) is 18.6. The van der Waals surface area contributed by atoms with Crippen molar-refractivity contribution in [2.75, 3.05) is 7.11 Å². The highest BCUT2D eigenvalue weighted by molar-refractivity contribution is 5.81. The second kappa shape index (κ2) is 4.96. The first-order valence-electron chi connectivity index (χ1n) is 3.90. The average Bonchev–Trinajstić information content (AvgIpc) is 2.26. The molecular weight excluding hydrogens is 184 g/mol. The molecule has 74 valence electrons. The van der Waals surface area contributed by atoms with Crippen LogP contribution in [0.15, 0.2) is 25.0 Å². The number of ether oxygens (including phenoxy) is 2. The van der Waals surface area contributed by atoms with E-state index in [0.29, 0.717) is 11.6 Å². The molecule has 14 heavy (non-hydrogen) atoms. The first-order valence-corrected chi connectivity index (χ1v) is 3.90. The summed E-state index contributed by atoms with van der Waals surface area (Å²) in [6.07, 6.45) is 4.03. The number of esters is 1. The third-order valence-corrected chi connectivity index (χ3v) is 1.42. The second-order valence-corrected chi connectivity index (χ2v) is 2.36. The highest BCUT2D eigenvalue weighted by Crippen LogP contribution is 2.03. The summed E-state index contributed by atoms with van der Waals surface area (Å²) in [6, 6.07) is 0. The van der Waals surface area contributed by atoms with Gasteiger partial charge in [0.1, 0.15) is 6.61 Å². The average molecular weight is 194 g/mol. The summed E-state index contributed by atoms with van der Waals surface area (Å²) in [6.45, 7) is 3.35. The van der Waals surface area contributed by atoms with Gasteiger partial charge in [-0.15, -0.1) is 0 Å². The molecule has 0 aliphatic heterocycles. The summed E-state index contributed by atoms with van der Waals surface area (Å²) in [5.74, 6) is -0.0635. The Kier molecular flexibility index (Phi) is 3.60. The topological polar surface area (TPSA) is 61.3 Å². The first-order chi connectivity index (χ1) is 6.76. The van der Waals surface area contributed by atoms with Gasteiger partial charge in [0, 0.05) is 6.08 Å². The van der Waals surface area contributed by atoms with Gasteiger partial charge in [-0.2, -0.15) is 0 Å². The van der Waals surface area contributed by atoms with E-state index in [4.69, 9.17) is 9.47 Å². The molecule has 5 nitrogen and oxygen atoms in total. The maximum atomic E-state index is 10.7. The Hall–Kier alpha value is -1.91. The summed E-state index contributed by atoms with van der Waals surface area (Å²) < 4.78 is 9.57. The van der Waals surface area contributed by atoms with Crippen molar-refractivity contribution < 1.29 is 14.3 Å². The zero-order valence-electron chi connectivity index (χ0n) is 7.77. The van der Waals surface area contributed by atoms with Crippen LogP contribution in [0.1, 0.15) is 5.69 Å². The normalized spacial score (nSPS) is 9.21. The lowest BCUT2D eigenvalue weighted by molar-refractivity contribution is -0.139. The van der Waals surface area contributed by atoms with Crippen LogP contribution in [-0.2, 0) is 16.1 Å². The van der Waals surface area contributed by atoms with Gasteiger partial charge in [-0.25, -0.2) is 9.78 Å². The van der Waals surface area contributed by atoms with Gasteiger partial charge in [-0.05, 0) is 0 Å². The van der Waals surface area contributed by atoms with Crippen molar-refractivity contribution >= 4 is 5.97 Å². The molecule has 1 aromatic rings.